The number of rotatable bonds is 6. The number of halogens is 1. The highest BCUT2D eigenvalue weighted by Gasteiger charge is 2.07. The molecule has 0 fully saturated rings. The zero-order valence-corrected chi connectivity index (χ0v) is 14.4. The molecule has 0 unspecified atom stereocenters. The number of nitrogens with one attached hydrogen (secondary N) is 1. The molecule has 0 spiro atoms. The molecule has 0 saturated heterocycles. The summed E-state index contributed by atoms with van der Waals surface area (Å²) in [6.07, 6.45) is 1.11. The first kappa shape index (κ1) is 16.6. The van der Waals surface area contributed by atoms with E-state index in [9.17, 15) is 4.79 Å². The van der Waals surface area contributed by atoms with Gasteiger partial charge in [-0.15, -0.1) is 0 Å². The van der Waals surface area contributed by atoms with E-state index in [4.69, 9.17) is 4.74 Å². The normalized spacial score (nSPS) is 11.8. The van der Waals surface area contributed by atoms with E-state index < -0.39 is 0 Å². The predicted octanol–water partition coefficient (Wildman–Crippen LogP) is 4.98. The van der Waals surface area contributed by atoms with Crippen LogP contribution in [-0.2, 0) is 4.79 Å². The Hall–Kier alpha value is -1.81. The number of hydrogen-bond acceptors (Lipinski definition) is 2. The van der Waals surface area contributed by atoms with E-state index in [1.807, 2.05) is 36.4 Å². The molecule has 116 valence electrons. The minimum atomic E-state index is -0.182. The lowest BCUT2D eigenvalue weighted by molar-refractivity contribution is -0.118. The minimum absolute atomic E-state index is 0.00991. The highest BCUT2D eigenvalue weighted by atomic mass is 79.9. The van der Waals surface area contributed by atoms with Gasteiger partial charge in [-0.3, -0.25) is 4.79 Å². The third-order valence-corrected chi connectivity index (χ3v) is 4.27. The van der Waals surface area contributed by atoms with E-state index in [0.29, 0.717) is 11.7 Å². The summed E-state index contributed by atoms with van der Waals surface area (Å²) in [4.78, 5) is 11.9. The van der Waals surface area contributed by atoms with Gasteiger partial charge in [0.1, 0.15) is 5.75 Å². The quantitative estimate of drug-likeness (QED) is 0.787. The molecule has 0 radical (unpaired) electrons. The Balaban J connectivity index is 1.87. The van der Waals surface area contributed by atoms with Crippen LogP contribution in [0.15, 0.2) is 53.0 Å². The molecule has 0 aromatic heterocycles. The molecular weight excluding hydrogens is 342 g/mol. The van der Waals surface area contributed by atoms with Crippen molar-refractivity contribution in [2.45, 2.75) is 26.2 Å². The summed E-state index contributed by atoms with van der Waals surface area (Å²) in [5.41, 5.74) is 2.02. The smallest absolute Gasteiger partial charge is 0.262 e. The third-order valence-electron chi connectivity index (χ3n) is 3.58. The standard InChI is InChI=1S/C18H20BrNO2/c1-3-13(2)14-8-10-15(11-9-14)22-12-18(21)20-17-7-5-4-6-16(17)19/h4-11,13H,3,12H2,1-2H3,(H,20,21)/t13-/m0/s1. The second kappa shape index (κ2) is 7.99. The van der Waals surface area contributed by atoms with Gasteiger partial charge in [0.2, 0.25) is 0 Å². The Kier molecular flexibility index (Phi) is 6.01. The number of benzene rings is 2. The average Bonchev–Trinajstić information content (AvgIpc) is 2.55. The van der Waals surface area contributed by atoms with Crippen molar-refractivity contribution in [1.29, 1.82) is 0 Å². The molecule has 1 amide bonds. The molecule has 22 heavy (non-hydrogen) atoms. The Morgan fingerprint density at radius 1 is 1.18 bits per heavy atom. The van der Waals surface area contributed by atoms with Crippen LogP contribution in [0, 0.1) is 0 Å². The molecule has 3 nitrogen and oxygen atoms in total. The second-order valence-electron chi connectivity index (χ2n) is 5.20. The zero-order chi connectivity index (χ0) is 15.9. The van der Waals surface area contributed by atoms with Crippen molar-refractivity contribution in [2.75, 3.05) is 11.9 Å². The molecule has 2 aromatic rings. The number of para-hydroxylation sites is 1. The summed E-state index contributed by atoms with van der Waals surface area (Å²) < 4.78 is 6.37. The Labute approximate surface area is 139 Å². The molecular formula is C18H20BrNO2. The van der Waals surface area contributed by atoms with Crippen molar-refractivity contribution in [3.63, 3.8) is 0 Å². The summed E-state index contributed by atoms with van der Waals surface area (Å²) >= 11 is 3.39. The van der Waals surface area contributed by atoms with Crippen molar-refractivity contribution in [3.05, 3.63) is 58.6 Å². The second-order valence-corrected chi connectivity index (χ2v) is 6.05. The summed E-state index contributed by atoms with van der Waals surface area (Å²) in [5, 5.41) is 2.81. The van der Waals surface area contributed by atoms with Gasteiger partial charge < -0.3 is 10.1 Å². The van der Waals surface area contributed by atoms with Gasteiger partial charge >= 0.3 is 0 Å². The van der Waals surface area contributed by atoms with Gasteiger partial charge in [-0.2, -0.15) is 0 Å². The van der Waals surface area contributed by atoms with Gasteiger partial charge in [-0.25, -0.2) is 0 Å². The Bertz CT molecular complexity index is 625. The molecule has 4 heteroatoms. The number of anilines is 1. The molecule has 0 aliphatic rings. The number of carbonyl (C=O) groups excluding carboxylic acids is 1. The van der Waals surface area contributed by atoms with Crippen LogP contribution in [0.1, 0.15) is 31.7 Å². The highest BCUT2D eigenvalue weighted by Crippen LogP contribution is 2.22. The van der Waals surface area contributed by atoms with Crippen molar-refractivity contribution in [1.82, 2.24) is 0 Å². The first-order valence-corrected chi connectivity index (χ1v) is 8.16. The first-order valence-electron chi connectivity index (χ1n) is 7.37. The Morgan fingerprint density at radius 3 is 2.50 bits per heavy atom. The third kappa shape index (κ3) is 4.60. The maximum Gasteiger partial charge on any atom is 0.262 e. The van der Waals surface area contributed by atoms with Gasteiger partial charge in [0.15, 0.2) is 6.61 Å². The zero-order valence-electron chi connectivity index (χ0n) is 12.8. The predicted molar refractivity (Wildman–Crippen MR) is 93.4 cm³/mol. The monoisotopic (exact) mass is 361 g/mol. The van der Waals surface area contributed by atoms with Crippen LogP contribution in [0.4, 0.5) is 5.69 Å². The lowest BCUT2D eigenvalue weighted by atomic mass is 9.99. The van der Waals surface area contributed by atoms with Crippen molar-refractivity contribution >= 4 is 27.5 Å². The fourth-order valence-corrected chi connectivity index (χ4v) is 2.41. The molecule has 2 rings (SSSR count). The van der Waals surface area contributed by atoms with Crippen molar-refractivity contribution in [2.24, 2.45) is 0 Å². The molecule has 0 heterocycles. The van der Waals surface area contributed by atoms with E-state index in [1.54, 1.807) is 0 Å². The SMILES string of the molecule is CC[C@H](C)c1ccc(OCC(=O)Nc2ccccc2Br)cc1. The number of carbonyl (C=O) groups is 1. The van der Waals surface area contributed by atoms with Crippen LogP contribution in [-0.4, -0.2) is 12.5 Å². The van der Waals surface area contributed by atoms with Gasteiger partial charge in [-0.1, -0.05) is 38.1 Å². The number of amides is 1. The minimum Gasteiger partial charge on any atom is -0.484 e. The summed E-state index contributed by atoms with van der Waals surface area (Å²) in [6.45, 7) is 4.35. The van der Waals surface area contributed by atoms with E-state index in [1.165, 1.54) is 5.56 Å². The Morgan fingerprint density at radius 2 is 1.86 bits per heavy atom. The van der Waals surface area contributed by atoms with Crippen LogP contribution in [0.3, 0.4) is 0 Å². The van der Waals surface area contributed by atoms with E-state index >= 15 is 0 Å². The van der Waals surface area contributed by atoms with E-state index in [2.05, 4.69) is 47.2 Å². The fourth-order valence-electron chi connectivity index (χ4n) is 2.03. The topological polar surface area (TPSA) is 38.3 Å². The number of hydrogen-bond donors (Lipinski definition) is 1. The molecule has 1 atom stereocenters. The lowest BCUT2D eigenvalue weighted by Crippen LogP contribution is -2.20. The van der Waals surface area contributed by atoms with Crippen molar-refractivity contribution < 1.29 is 9.53 Å². The molecule has 0 saturated carbocycles. The highest BCUT2D eigenvalue weighted by molar-refractivity contribution is 9.10. The van der Waals surface area contributed by atoms with Crippen LogP contribution in [0.2, 0.25) is 0 Å². The first-order chi connectivity index (χ1) is 10.6. The maximum absolute atomic E-state index is 11.9. The average molecular weight is 362 g/mol. The van der Waals surface area contributed by atoms with E-state index in [0.717, 1.165) is 16.6 Å². The fraction of sp³-hybridized carbons (Fsp3) is 0.278. The van der Waals surface area contributed by atoms with Crippen LogP contribution in [0.5, 0.6) is 5.75 Å². The van der Waals surface area contributed by atoms with Gasteiger partial charge in [0.05, 0.1) is 5.69 Å². The molecule has 0 aliphatic carbocycles. The molecule has 0 aliphatic heterocycles. The van der Waals surface area contributed by atoms with Crippen molar-refractivity contribution in [3.8, 4) is 5.75 Å². The summed E-state index contributed by atoms with van der Waals surface area (Å²) in [6, 6.07) is 15.4. The molecule has 1 N–H and O–H groups in total. The molecule has 0 bridgehead atoms. The van der Waals surface area contributed by atoms with Crippen LogP contribution < -0.4 is 10.1 Å². The van der Waals surface area contributed by atoms with Crippen LogP contribution in [0.25, 0.3) is 0 Å². The van der Waals surface area contributed by atoms with Gasteiger partial charge in [-0.05, 0) is 58.1 Å². The largest absolute Gasteiger partial charge is 0.484 e. The maximum atomic E-state index is 11.9. The molecule has 2 aromatic carbocycles. The van der Waals surface area contributed by atoms with Gasteiger partial charge in [0, 0.05) is 4.47 Å². The van der Waals surface area contributed by atoms with Crippen LogP contribution >= 0.6 is 15.9 Å². The van der Waals surface area contributed by atoms with E-state index in [-0.39, 0.29) is 12.5 Å². The lowest BCUT2D eigenvalue weighted by Gasteiger charge is -2.11. The summed E-state index contributed by atoms with van der Waals surface area (Å²) in [7, 11) is 0. The summed E-state index contributed by atoms with van der Waals surface area (Å²) in [5.74, 6) is 1.06. The number of ether oxygens (including phenoxy) is 1. The van der Waals surface area contributed by atoms with Gasteiger partial charge in [0.25, 0.3) is 5.91 Å².